The van der Waals surface area contributed by atoms with E-state index in [4.69, 9.17) is 23.2 Å². The molecular formula is C17H18Cl2N2. The summed E-state index contributed by atoms with van der Waals surface area (Å²) in [5.74, 6) is 0. The summed E-state index contributed by atoms with van der Waals surface area (Å²) in [6.45, 7) is 4.10. The zero-order valence-corrected chi connectivity index (χ0v) is 13.4. The highest BCUT2D eigenvalue weighted by Gasteiger charge is 2.27. The Morgan fingerprint density at radius 2 is 1.52 bits per heavy atom. The Labute approximate surface area is 135 Å². The van der Waals surface area contributed by atoms with Gasteiger partial charge in [-0.25, -0.2) is 0 Å². The van der Waals surface area contributed by atoms with E-state index in [9.17, 15) is 0 Å². The maximum Gasteiger partial charge on any atom is 0.0667 e. The first-order valence-electron chi connectivity index (χ1n) is 7.14. The van der Waals surface area contributed by atoms with Crippen molar-refractivity contribution in [2.75, 3.05) is 18.0 Å². The molecule has 1 fully saturated rings. The van der Waals surface area contributed by atoms with Gasteiger partial charge in [-0.05, 0) is 48.9 Å². The summed E-state index contributed by atoms with van der Waals surface area (Å²) in [6.07, 6.45) is 0. The molecule has 3 rings (SSSR count). The van der Waals surface area contributed by atoms with Gasteiger partial charge in [0.1, 0.15) is 0 Å². The van der Waals surface area contributed by atoms with Crippen LogP contribution in [0.1, 0.15) is 18.5 Å². The third kappa shape index (κ3) is 3.34. The average Bonchev–Trinajstić information content (AvgIpc) is 2.49. The van der Waals surface area contributed by atoms with E-state index in [0.717, 1.165) is 23.1 Å². The predicted octanol–water partition coefficient (Wildman–Crippen LogP) is 4.53. The molecule has 0 spiro atoms. The van der Waals surface area contributed by atoms with Gasteiger partial charge in [-0.2, -0.15) is 0 Å². The molecule has 2 aromatic rings. The van der Waals surface area contributed by atoms with E-state index in [-0.39, 0.29) is 0 Å². The molecule has 1 saturated heterocycles. The minimum atomic E-state index is 0.305. The van der Waals surface area contributed by atoms with Gasteiger partial charge in [0, 0.05) is 34.9 Å². The SMILES string of the molecule is C[C@@H]1CN(c2ccc(Cl)cc2)[C@H](c2ccc(Cl)cc2)CN1. The van der Waals surface area contributed by atoms with Crippen LogP contribution in [0.25, 0.3) is 0 Å². The van der Waals surface area contributed by atoms with Crippen LogP contribution in [0.15, 0.2) is 48.5 Å². The molecule has 1 aliphatic heterocycles. The monoisotopic (exact) mass is 320 g/mol. The Morgan fingerprint density at radius 3 is 2.14 bits per heavy atom. The number of anilines is 1. The van der Waals surface area contributed by atoms with Gasteiger partial charge in [0.2, 0.25) is 0 Å². The summed E-state index contributed by atoms with van der Waals surface area (Å²) in [6, 6.07) is 17.0. The van der Waals surface area contributed by atoms with Gasteiger partial charge >= 0.3 is 0 Å². The first-order chi connectivity index (χ1) is 10.1. The molecule has 0 amide bonds. The van der Waals surface area contributed by atoms with E-state index in [2.05, 4.69) is 41.4 Å². The van der Waals surface area contributed by atoms with Gasteiger partial charge in [-0.15, -0.1) is 0 Å². The standard InChI is InChI=1S/C17H18Cl2N2/c1-12-11-21(16-8-6-15(19)7-9-16)17(10-20-12)13-2-4-14(18)5-3-13/h2-9,12,17,20H,10-11H2,1H3/t12-,17+/m1/s1. The highest BCUT2D eigenvalue weighted by molar-refractivity contribution is 6.30. The molecular weight excluding hydrogens is 303 g/mol. The van der Waals surface area contributed by atoms with E-state index in [1.807, 2.05) is 24.3 Å². The number of nitrogens with one attached hydrogen (secondary N) is 1. The number of piperazine rings is 1. The quantitative estimate of drug-likeness (QED) is 0.874. The van der Waals surface area contributed by atoms with E-state index in [1.54, 1.807) is 0 Å². The molecule has 21 heavy (non-hydrogen) atoms. The Kier molecular flexibility index (Phi) is 4.39. The van der Waals surface area contributed by atoms with Crippen LogP contribution in [-0.2, 0) is 0 Å². The summed E-state index contributed by atoms with van der Waals surface area (Å²) in [5.41, 5.74) is 2.47. The molecule has 0 saturated carbocycles. The van der Waals surface area contributed by atoms with Crippen LogP contribution < -0.4 is 10.2 Å². The molecule has 0 unspecified atom stereocenters. The summed E-state index contributed by atoms with van der Waals surface area (Å²) >= 11 is 12.0. The third-order valence-corrected chi connectivity index (χ3v) is 4.42. The molecule has 1 heterocycles. The predicted molar refractivity (Wildman–Crippen MR) is 90.5 cm³/mol. The molecule has 110 valence electrons. The lowest BCUT2D eigenvalue weighted by Gasteiger charge is -2.41. The molecule has 0 aliphatic carbocycles. The summed E-state index contributed by atoms with van der Waals surface area (Å²) in [5, 5.41) is 5.10. The number of nitrogens with zero attached hydrogens (tertiary/aromatic N) is 1. The van der Waals surface area contributed by atoms with Crippen LogP contribution in [0.3, 0.4) is 0 Å². The van der Waals surface area contributed by atoms with Crippen molar-refractivity contribution in [2.24, 2.45) is 0 Å². The van der Waals surface area contributed by atoms with Crippen molar-refractivity contribution in [1.82, 2.24) is 5.32 Å². The molecule has 0 aromatic heterocycles. The van der Waals surface area contributed by atoms with Gasteiger partial charge in [-0.3, -0.25) is 0 Å². The lowest BCUT2D eigenvalue weighted by molar-refractivity contribution is 0.416. The summed E-state index contributed by atoms with van der Waals surface area (Å²) < 4.78 is 0. The van der Waals surface area contributed by atoms with E-state index < -0.39 is 0 Å². The van der Waals surface area contributed by atoms with Crippen molar-refractivity contribution in [3.05, 3.63) is 64.1 Å². The number of rotatable bonds is 2. The zero-order chi connectivity index (χ0) is 14.8. The maximum absolute atomic E-state index is 6.00. The highest BCUT2D eigenvalue weighted by atomic mass is 35.5. The second-order valence-electron chi connectivity index (χ2n) is 5.51. The molecule has 2 nitrogen and oxygen atoms in total. The third-order valence-electron chi connectivity index (χ3n) is 3.92. The Bertz CT molecular complexity index is 595. The minimum Gasteiger partial charge on any atom is -0.362 e. The van der Waals surface area contributed by atoms with Crippen molar-refractivity contribution in [2.45, 2.75) is 19.0 Å². The zero-order valence-electron chi connectivity index (χ0n) is 11.9. The topological polar surface area (TPSA) is 15.3 Å². The van der Waals surface area contributed by atoms with Crippen LogP contribution in [-0.4, -0.2) is 19.1 Å². The average molecular weight is 321 g/mol. The first-order valence-corrected chi connectivity index (χ1v) is 7.90. The van der Waals surface area contributed by atoms with Gasteiger partial charge < -0.3 is 10.2 Å². The van der Waals surface area contributed by atoms with E-state index >= 15 is 0 Å². The molecule has 0 bridgehead atoms. The molecule has 2 aromatic carbocycles. The van der Waals surface area contributed by atoms with Crippen LogP contribution in [0.2, 0.25) is 10.0 Å². The summed E-state index contributed by atoms with van der Waals surface area (Å²) in [4.78, 5) is 2.43. The molecule has 1 N–H and O–H groups in total. The van der Waals surface area contributed by atoms with Crippen molar-refractivity contribution in [3.63, 3.8) is 0 Å². The maximum atomic E-state index is 6.00. The number of hydrogen-bond donors (Lipinski definition) is 1. The van der Waals surface area contributed by atoms with Gasteiger partial charge in [0.25, 0.3) is 0 Å². The van der Waals surface area contributed by atoms with Gasteiger partial charge in [0.15, 0.2) is 0 Å². The Hall–Kier alpha value is -1.22. The van der Waals surface area contributed by atoms with Crippen molar-refractivity contribution in [3.8, 4) is 0 Å². The molecule has 4 heteroatoms. The minimum absolute atomic E-state index is 0.305. The summed E-state index contributed by atoms with van der Waals surface area (Å²) in [7, 11) is 0. The second-order valence-corrected chi connectivity index (χ2v) is 6.38. The second kappa shape index (κ2) is 6.27. The van der Waals surface area contributed by atoms with Crippen molar-refractivity contribution < 1.29 is 0 Å². The fraction of sp³-hybridized carbons (Fsp3) is 0.294. The lowest BCUT2D eigenvalue weighted by Crippen LogP contribution is -2.51. The van der Waals surface area contributed by atoms with Crippen molar-refractivity contribution in [1.29, 1.82) is 0 Å². The van der Waals surface area contributed by atoms with Crippen LogP contribution in [0.4, 0.5) is 5.69 Å². The Morgan fingerprint density at radius 1 is 0.952 bits per heavy atom. The number of benzene rings is 2. The lowest BCUT2D eigenvalue weighted by atomic mass is 10.0. The molecule has 0 radical (unpaired) electrons. The Balaban J connectivity index is 1.92. The van der Waals surface area contributed by atoms with Crippen LogP contribution >= 0.6 is 23.2 Å². The fourth-order valence-corrected chi connectivity index (χ4v) is 3.06. The smallest absolute Gasteiger partial charge is 0.0667 e. The molecule has 1 aliphatic rings. The molecule has 2 atom stereocenters. The van der Waals surface area contributed by atoms with Crippen LogP contribution in [0.5, 0.6) is 0 Å². The highest BCUT2D eigenvalue weighted by Crippen LogP contribution is 2.30. The van der Waals surface area contributed by atoms with Crippen molar-refractivity contribution >= 4 is 28.9 Å². The van der Waals surface area contributed by atoms with Gasteiger partial charge in [0.05, 0.1) is 6.04 Å². The van der Waals surface area contributed by atoms with Gasteiger partial charge in [-0.1, -0.05) is 35.3 Å². The number of halogens is 2. The van der Waals surface area contributed by atoms with E-state index in [1.165, 1.54) is 11.3 Å². The van der Waals surface area contributed by atoms with E-state index in [0.29, 0.717) is 12.1 Å². The largest absolute Gasteiger partial charge is 0.362 e. The number of hydrogen-bond acceptors (Lipinski definition) is 2. The first kappa shape index (κ1) is 14.7. The normalized spacial score (nSPS) is 22.3. The van der Waals surface area contributed by atoms with Crippen LogP contribution in [0, 0.1) is 0 Å². The fourth-order valence-electron chi connectivity index (χ4n) is 2.81.